The molecule has 1 heterocycles. The van der Waals surface area contributed by atoms with Gasteiger partial charge in [0, 0.05) is 12.1 Å². The zero-order chi connectivity index (χ0) is 16.4. The van der Waals surface area contributed by atoms with Crippen LogP contribution in [0.1, 0.15) is 48.1 Å². The average Bonchev–Trinajstić information content (AvgIpc) is 2.63. The minimum absolute atomic E-state index is 0.297. The molecule has 0 saturated carbocycles. The number of halogens is 1. The molecule has 0 radical (unpaired) electrons. The van der Waals surface area contributed by atoms with E-state index in [1.165, 1.54) is 7.11 Å². The average molecular weight is 316 g/mol. The number of carbonyl (C=O) groups excluding carboxylic acids is 2. The number of methoxy groups -OCH3 is 1. The maximum absolute atomic E-state index is 12.1. The number of hydrogen-bond donors (Lipinski definition) is 1. The van der Waals surface area contributed by atoms with Gasteiger partial charge < -0.3 is 14.5 Å². The van der Waals surface area contributed by atoms with E-state index in [-0.39, 0.29) is 0 Å². The van der Waals surface area contributed by atoms with E-state index in [0.29, 0.717) is 12.1 Å². The summed E-state index contributed by atoms with van der Waals surface area (Å²) < 4.78 is 9.96. The van der Waals surface area contributed by atoms with Gasteiger partial charge in [-0.15, -0.1) is 11.6 Å². The fourth-order valence-electron chi connectivity index (χ4n) is 2.02. The zero-order valence-corrected chi connectivity index (χ0v) is 14.1. The predicted octanol–water partition coefficient (Wildman–Crippen LogP) is 2.91. The fourth-order valence-corrected chi connectivity index (χ4v) is 2.26. The Bertz CT molecular complexity index is 543. The van der Waals surface area contributed by atoms with Gasteiger partial charge in [0.2, 0.25) is 0 Å². The molecule has 6 heteroatoms. The van der Waals surface area contributed by atoms with Gasteiger partial charge in [-0.3, -0.25) is 4.79 Å². The first kappa shape index (κ1) is 17.6. The lowest BCUT2D eigenvalue weighted by Crippen LogP contribution is -2.24. The van der Waals surface area contributed by atoms with E-state index < -0.39 is 22.9 Å². The lowest BCUT2D eigenvalue weighted by molar-refractivity contribution is -0.140. The summed E-state index contributed by atoms with van der Waals surface area (Å²) in [5.74, 6) is -0.908. The first-order valence-corrected chi connectivity index (χ1v) is 7.13. The zero-order valence-electron chi connectivity index (χ0n) is 13.3. The van der Waals surface area contributed by atoms with E-state index in [0.717, 1.165) is 16.8 Å². The highest BCUT2D eigenvalue weighted by Crippen LogP contribution is 2.23. The van der Waals surface area contributed by atoms with Crippen LogP contribution in [-0.2, 0) is 20.7 Å². The Kier molecular flexibility index (Phi) is 5.45. The molecule has 0 saturated heterocycles. The quantitative estimate of drug-likeness (QED) is 0.685. The molecule has 0 aliphatic heterocycles. The van der Waals surface area contributed by atoms with Crippen molar-refractivity contribution in [2.75, 3.05) is 7.11 Å². The second-order valence-electron chi connectivity index (χ2n) is 5.93. The Morgan fingerprint density at radius 2 is 1.86 bits per heavy atom. The second kappa shape index (κ2) is 6.52. The van der Waals surface area contributed by atoms with E-state index in [9.17, 15) is 9.59 Å². The topological polar surface area (TPSA) is 68.4 Å². The highest BCUT2D eigenvalue weighted by atomic mass is 35.5. The number of aryl methyl sites for hydroxylation is 1. The Labute approximate surface area is 130 Å². The van der Waals surface area contributed by atoms with Crippen LogP contribution >= 0.6 is 11.6 Å². The van der Waals surface area contributed by atoms with Crippen molar-refractivity contribution in [3.63, 3.8) is 0 Å². The first-order chi connectivity index (χ1) is 9.56. The van der Waals surface area contributed by atoms with E-state index in [2.05, 4.69) is 9.72 Å². The molecule has 5 nitrogen and oxygen atoms in total. The van der Waals surface area contributed by atoms with E-state index >= 15 is 0 Å². The maximum Gasteiger partial charge on any atom is 0.355 e. The molecule has 1 N–H and O–H groups in total. The van der Waals surface area contributed by atoms with Crippen molar-refractivity contribution in [1.82, 2.24) is 4.98 Å². The summed E-state index contributed by atoms with van der Waals surface area (Å²) in [5, 5.41) is -0.783. The summed E-state index contributed by atoms with van der Waals surface area (Å²) in [6, 6.07) is 0. The molecule has 1 unspecified atom stereocenters. The van der Waals surface area contributed by atoms with Gasteiger partial charge in [0.05, 0.1) is 7.11 Å². The maximum atomic E-state index is 12.1. The second-order valence-corrected chi connectivity index (χ2v) is 6.45. The van der Waals surface area contributed by atoms with Crippen LogP contribution in [0.5, 0.6) is 0 Å². The monoisotopic (exact) mass is 315 g/mol. The first-order valence-electron chi connectivity index (χ1n) is 6.70. The van der Waals surface area contributed by atoms with Gasteiger partial charge >= 0.3 is 11.9 Å². The number of carbonyl (C=O) groups is 2. The van der Waals surface area contributed by atoms with Crippen molar-refractivity contribution in [2.24, 2.45) is 0 Å². The van der Waals surface area contributed by atoms with Crippen LogP contribution in [0.15, 0.2) is 0 Å². The van der Waals surface area contributed by atoms with Crippen LogP contribution in [0.25, 0.3) is 0 Å². The Morgan fingerprint density at radius 1 is 1.29 bits per heavy atom. The number of esters is 2. The number of aromatic amines is 1. The molecule has 1 rings (SSSR count). The predicted molar refractivity (Wildman–Crippen MR) is 80.8 cm³/mol. The molecule has 1 atom stereocenters. The number of H-pyrrole nitrogens is 1. The highest BCUT2D eigenvalue weighted by Gasteiger charge is 2.25. The summed E-state index contributed by atoms with van der Waals surface area (Å²) in [5.41, 5.74) is 2.20. The molecule has 0 spiro atoms. The lowest BCUT2D eigenvalue weighted by Gasteiger charge is -2.19. The van der Waals surface area contributed by atoms with Gasteiger partial charge in [-0.05, 0) is 45.7 Å². The molecule has 118 valence electrons. The normalized spacial score (nSPS) is 12.9. The minimum atomic E-state index is -0.783. The Balaban J connectivity index is 3.00. The van der Waals surface area contributed by atoms with Gasteiger partial charge in [-0.25, -0.2) is 4.79 Å². The summed E-state index contributed by atoms with van der Waals surface area (Å²) in [4.78, 5) is 26.6. The van der Waals surface area contributed by atoms with Crippen molar-refractivity contribution in [3.8, 4) is 0 Å². The molecular formula is C15H22ClNO4. The molecule has 0 bridgehead atoms. The molecular weight excluding hydrogens is 294 g/mol. The number of nitrogens with one attached hydrogen (secondary N) is 1. The summed E-state index contributed by atoms with van der Waals surface area (Å²) in [6.45, 7) is 9.06. The van der Waals surface area contributed by atoms with Crippen molar-refractivity contribution in [2.45, 2.75) is 52.0 Å². The standard InChI is InChI=1S/C15H22ClNO4/c1-8-10(7-11(16)13(18)20-6)9(2)17-12(8)14(19)21-15(3,4)5/h11,17H,7H2,1-6H3. The van der Waals surface area contributed by atoms with Crippen LogP contribution in [-0.4, -0.2) is 35.0 Å². The Morgan fingerprint density at radius 3 is 2.33 bits per heavy atom. The summed E-state index contributed by atoms with van der Waals surface area (Å²) in [6.07, 6.45) is 0.297. The molecule has 0 fully saturated rings. The van der Waals surface area contributed by atoms with E-state index in [4.69, 9.17) is 16.3 Å². The summed E-state index contributed by atoms with van der Waals surface area (Å²) >= 11 is 6.00. The number of alkyl halides is 1. The molecule has 0 amide bonds. The highest BCUT2D eigenvalue weighted by molar-refractivity contribution is 6.30. The third-order valence-electron chi connectivity index (χ3n) is 3.04. The van der Waals surface area contributed by atoms with Crippen LogP contribution in [0.4, 0.5) is 0 Å². The van der Waals surface area contributed by atoms with E-state index in [1.54, 1.807) is 6.92 Å². The van der Waals surface area contributed by atoms with Gasteiger partial charge in [-0.1, -0.05) is 0 Å². The van der Waals surface area contributed by atoms with Gasteiger partial charge in [0.15, 0.2) is 0 Å². The number of rotatable bonds is 4. The van der Waals surface area contributed by atoms with Gasteiger partial charge in [-0.2, -0.15) is 0 Å². The Hall–Kier alpha value is -1.49. The lowest BCUT2D eigenvalue weighted by atomic mass is 10.0. The van der Waals surface area contributed by atoms with Crippen molar-refractivity contribution >= 4 is 23.5 Å². The largest absolute Gasteiger partial charge is 0.468 e. The third kappa shape index (κ3) is 4.49. The van der Waals surface area contributed by atoms with Crippen molar-refractivity contribution in [3.05, 3.63) is 22.5 Å². The molecule has 0 aliphatic rings. The minimum Gasteiger partial charge on any atom is -0.468 e. The third-order valence-corrected chi connectivity index (χ3v) is 3.37. The van der Waals surface area contributed by atoms with Crippen LogP contribution in [0.2, 0.25) is 0 Å². The van der Waals surface area contributed by atoms with Crippen LogP contribution in [0.3, 0.4) is 0 Å². The number of aromatic nitrogens is 1. The summed E-state index contributed by atoms with van der Waals surface area (Å²) in [7, 11) is 1.29. The smallest absolute Gasteiger partial charge is 0.355 e. The van der Waals surface area contributed by atoms with E-state index in [1.807, 2.05) is 27.7 Å². The SMILES string of the molecule is COC(=O)C(Cl)Cc1c(C)[nH]c(C(=O)OC(C)(C)C)c1C. The molecule has 1 aromatic heterocycles. The fraction of sp³-hybridized carbons (Fsp3) is 0.600. The van der Waals surface area contributed by atoms with Crippen molar-refractivity contribution in [1.29, 1.82) is 0 Å². The molecule has 1 aromatic rings. The van der Waals surface area contributed by atoms with Crippen LogP contribution in [0, 0.1) is 13.8 Å². The number of hydrogen-bond acceptors (Lipinski definition) is 4. The molecule has 21 heavy (non-hydrogen) atoms. The molecule has 0 aromatic carbocycles. The van der Waals surface area contributed by atoms with Crippen LogP contribution < -0.4 is 0 Å². The van der Waals surface area contributed by atoms with Gasteiger partial charge in [0.1, 0.15) is 16.7 Å². The van der Waals surface area contributed by atoms with Crippen molar-refractivity contribution < 1.29 is 19.1 Å². The van der Waals surface area contributed by atoms with Gasteiger partial charge in [0.25, 0.3) is 0 Å². The number of ether oxygens (including phenoxy) is 2. The molecule has 0 aliphatic carbocycles.